The van der Waals surface area contributed by atoms with Crippen molar-refractivity contribution in [3.8, 4) is 0 Å². The fraction of sp³-hybridized carbons (Fsp3) is 0.800. The fourth-order valence-corrected chi connectivity index (χ4v) is 1.06. The Hall–Kier alpha value is -0.420. The van der Waals surface area contributed by atoms with Crippen LogP contribution in [0.2, 0.25) is 0 Å². The molecule has 0 saturated carbocycles. The molecule has 0 heterocycles. The van der Waals surface area contributed by atoms with Crippen molar-refractivity contribution in [1.82, 2.24) is 4.90 Å². The zero-order valence-electron chi connectivity index (χ0n) is 8.91. The summed E-state index contributed by atoms with van der Waals surface area (Å²) in [6.45, 7) is 8.94. The summed E-state index contributed by atoms with van der Waals surface area (Å²) in [7, 11) is 0. The van der Waals surface area contributed by atoms with Gasteiger partial charge in [0.2, 0.25) is 0 Å². The topological polar surface area (TPSA) is 52.9 Å². The standard InChI is InChI=1S/C10H21NO3/c1-10(2)9-14-8-5-11(3-6-12)4-7-13/h12-13H,1,3-9H2,2H3. The van der Waals surface area contributed by atoms with E-state index in [0.717, 1.165) is 12.1 Å². The summed E-state index contributed by atoms with van der Waals surface area (Å²) in [5.74, 6) is 0. The highest BCUT2D eigenvalue weighted by molar-refractivity contribution is 4.87. The number of ether oxygens (including phenoxy) is 1. The van der Waals surface area contributed by atoms with Crippen LogP contribution in [-0.4, -0.2) is 61.2 Å². The second-order valence-electron chi connectivity index (χ2n) is 3.30. The molecule has 4 nitrogen and oxygen atoms in total. The molecule has 0 unspecified atom stereocenters. The Morgan fingerprint density at radius 1 is 1.21 bits per heavy atom. The fourth-order valence-electron chi connectivity index (χ4n) is 1.06. The number of rotatable bonds is 9. The zero-order valence-corrected chi connectivity index (χ0v) is 8.91. The molecule has 0 bridgehead atoms. The second kappa shape index (κ2) is 9.15. The summed E-state index contributed by atoms with van der Waals surface area (Å²) in [4.78, 5) is 1.96. The van der Waals surface area contributed by atoms with Gasteiger partial charge in [-0.25, -0.2) is 0 Å². The van der Waals surface area contributed by atoms with Gasteiger partial charge in [0.05, 0.1) is 26.4 Å². The van der Waals surface area contributed by atoms with Crippen LogP contribution in [0.25, 0.3) is 0 Å². The molecule has 4 heteroatoms. The molecule has 0 aliphatic rings. The van der Waals surface area contributed by atoms with Gasteiger partial charge in [-0.1, -0.05) is 12.2 Å². The lowest BCUT2D eigenvalue weighted by Gasteiger charge is -2.19. The lowest BCUT2D eigenvalue weighted by Crippen LogP contribution is -2.33. The monoisotopic (exact) mass is 203 g/mol. The highest BCUT2D eigenvalue weighted by atomic mass is 16.5. The molecule has 0 atom stereocenters. The molecule has 0 spiro atoms. The van der Waals surface area contributed by atoms with Crippen molar-refractivity contribution < 1.29 is 14.9 Å². The van der Waals surface area contributed by atoms with E-state index >= 15 is 0 Å². The van der Waals surface area contributed by atoms with Gasteiger partial charge in [0.15, 0.2) is 0 Å². The van der Waals surface area contributed by atoms with Crippen LogP contribution in [-0.2, 0) is 4.74 Å². The maximum atomic E-state index is 8.73. The van der Waals surface area contributed by atoms with Gasteiger partial charge in [-0.3, -0.25) is 4.90 Å². The first kappa shape index (κ1) is 13.6. The molecule has 0 radical (unpaired) electrons. The van der Waals surface area contributed by atoms with E-state index in [1.807, 2.05) is 11.8 Å². The predicted molar refractivity (Wildman–Crippen MR) is 56.2 cm³/mol. The molecule has 0 aromatic rings. The molecule has 0 aliphatic heterocycles. The van der Waals surface area contributed by atoms with Crippen LogP contribution in [0.3, 0.4) is 0 Å². The lowest BCUT2D eigenvalue weighted by molar-refractivity contribution is 0.0980. The van der Waals surface area contributed by atoms with E-state index in [2.05, 4.69) is 6.58 Å². The Morgan fingerprint density at radius 2 is 1.79 bits per heavy atom. The van der Waals surface area contributed by atoms with Crippen molar-refractivity contribution >= 4 is 0 Å². The first-order valence-corrected chi connectivity index (χ1v) is 4.87. The molecule has 0 fully saturated rings. The summed E-state index contributed by atoms with van der Waals surface area (Å²) in [6.07, 6.45) is 0. The number of nitrogens with zero attached hydrogens (tertiary/aromatic N) is 1. The van der Waals surface area contributed by atoms with Crippen LogP contribution in [0.5, 0.6) is 0 Å². The molecule has 0 amide bonds. The number of hydrogen-bond donors (Lipinski definition) is 2. The van der Waals surface area contributed by atoms with E-state index in [-0.39, 0.29) is 13.2 Å². The molecular weight excluding hydrogens is 182 g/mol. The van der Waals surface area contributed by atoms with Crippen molar-refractivity contribution in [2.45, 2.75) is 6.92 Å². The number of aliphatic hydroxyl groups excluding tert-OH is 2. The van der Waals surface area contributed by atoms with Crippen LogP contribution in [0, 0.1) is 0 Å². The van der Waals surface area contributed by atoms with Crippen molar-refractivity contribution in [2.24, 2.45) is 0 Å². The minimum atomic E-state index is 0.112. The third-order valence-electron chi connectivity index (χ3n) is 1.73. The van der Waals surface area contributed by atoms with Gasteiger partial charge in [0, 0.05) is 19.6 Å². The summed E-state index contributed by atoms with van der Waals surface area (Å²) < 4.78 is 5.31. The third-order valence-corrected chi connectivity index (χ3v) is 1.73. The summed E-state index contributed by atoms with van der Waals surface area (Å²) in [5, 5.41) is 17.5. The number of aliphatic hydroxyl groups is 2. The molecule has 84 valence electrons. The minimum absolute atomic E-state index is 0.112. The Balaban J connectivity index is 3.44. The van der Waals surface area contributed by atoms with E-state index in [4.69, 9.17) is 14.9 Å². The summed E-state index contributed by atoms with van der Waals surface area (Å²) >= 11 is 0. The van der Waals surface area contributed by atoms with Gasteiger partial charge < -0.3 is 14.9 Å². The highest BCUT2D eigenvalue weighted by Crippen LogP contribution is 1.91. The predicted octanol–water partition coefficient (Wildman–Crippen LogP) is -0.134. The maximum absolute atomic E-state index is 8.73. The second-order valence-corrected chi connectivity index (χ2v) is 3.30. The van der Waals surface area contributed by atoms with Gasteiger partial charge in [-0.2, -0.15) is 0 Å². The molecule has 14 heavy (non-hydrogen) atoms. The van der Waals surface area contributed by atoms with Crippen LogP contribution in [0.1, 0.15) is 6.92 Å². The van der Waals surface area contributed by atoms with Crippen molar-refractivity contribution in [3.63, 3.8) is 0 Å². The zero-order chi connectivity index (χ0) is 10.8. The van der Waals surface area contributed by atoms with Crippen LogP contribution >= 0.6 is 0 Å². The van der Waals surface area contributed by atoms with E-state index in [1.54, 1.807) is 0 Å². The first-order valence-electron chi connectivity index (χ1n) is 4.87. The molecule has 0 aliphatic carbocycles. The number of hydrogen-bond acceptors (Lipinski definition) is 4. The Labute approximate surface area is 85.8 Å². The summed E-state index contributed by atoms with van der Waals surface area (Å²) in [5.41, 5.74) is 1.00. The molecule has 0 saturated heterocycles. The Morgan fingerprint density at radius 3 is 2.21 bits per heavy atom. The normalized spacial score (nSPS) is 10.9. The van der Waals surface area contributed by atoms with Gasteiger partial charge in [0.1, 0.15) is 0 Å². The Bertz CT molecular complexity index is 144. The first-order chi connectivity index (χ1) is 6.70. The van der Waals surface area contributed by atoms with E-state index in [0.29, 0.717) is 26.3 Å². The average Bonchev–Trinajstić information content (AvgIpc) is 2.12. The van der Waals surface area contributed by atoms with Crippen LogP contribution in [0.15, 0.2) is 12.2 Å². The molecule has 0 aromatic carbocycles. The summed E-state index contributed by atoms with van der Waals surface area (Å²) in [6, 6.07) is 0. The molecular formula is C10H21NO3. The van der Waals surface area contributed by atoms with Crippen LogP contribution < -0.4 is 0 Å². The average molecular weight is 203 g/mol. The van der Waals surface area contributed by atoms with Crippen molar-refractivity contribution in [3.05, 3.63) is 12.2 Å². The highest BCUT2D eigenvalue weighted by Gasteiger charge is 2.02. The third kappa shape index (κ3) is 8.19. The SMILES string of the molecule is C=C(C)COCCN(CCO)CCO. The van der Waals surface area contributed by atoms with Gasteiger partial charge in [-0.15, -0.1) is 0 Å². The van der Waals surface area contributed by atoms with Gasteiger partial charge in [-0.05, 0) is 6.92 Å². The lowest BCUT2D eigenvalue weighted by atomic mass is 10.4. The van der Waals surface area contributed by atoms with E-state index < -0.39 is 0 Å². The molecule has 0 rings (SSSR count). The minimum Gasteiger partial charge on any atom is -0.395 e. The van der Waals surface area contributed by atoms with Crippen molar-refractivity contribution in [1.29, 1.82) is 0 Å². The van der Waals surface area contributed by atoms with Crippen LogP contribution in [0.4, 0.5) is 0 Å². The molecule has 2 N–H and O–H groups in total. The Kier molecular flexibility index (Phi) is 8.87. The van der Waals surface area contributed by atoms with Crippen molar-refractivity contribution in [2.75, 3.05) is 46.1 Å². The van der Waals surface area contributed by atoms with Gasteiger partial charge >= 0.3 is 0 Å². The smallest absolute Gasteiger partial charge is 0.0672 e. The van der Waals surface area contributed by atoms with E-state index in [9.17, 15) is 0 Å². The quantitative estimate of drug-likeness (QED) is 0.405. The maximum Gasteiger partial charge on any atom is 0.0672 e. The van der Waals surface area contributed by atoms with Gasteiger partial charge in [0.25, 0.3) is 0 Å². The van der Waals surface area contributed by atoms with E-state index in [1.165, 1.54) is 0 Å². The molecule has 0 aromatic heterocycles. The largest absolute Gasteiger partial charge is 0.395 e.